The van der Waals surface area contributed by atoms with Crippen LogP contribution in [-0.4, -0.2) is 49.7 Å². The van der Waals surface area contributed by atoms with E-state index in [2.05, 4.69) is 20.8 Å². The minimum Gasteiger partial charge on any atom is -1.00 e. The Morgan fingerprint density at radius 1 is 0.729 bits per heavy atom. The first-order valence-corrected chi connectivity index (χ1v) is 16.7. The Morgan fingerprint density at radius 3 is 1.85 bits per heavy atom. The summed E-state index contributed by atoms with van der Waals surface area (Å²) >= 11 is 0. The maximum atomic E-state index is 12.6. The minimum absolute atomic E-state index is 0. The van der Waals surface area contributed by atoms with Gasteiger partial charge in [0, 0.05) is 17.7 Å². The van der Waals surface area contributed by atoms with Crippen molar-refractivity contribution >= 4 is 64.6 Å². The van der Waals surface area contributed by atoms with Crippen LogP contribution in [0.25, 0.3) is 0 Å². The van der Waals surface area contributed by atoms with Crippen LogP contribution in [0.3, 0.4) is 0 Å². The minimum atomic E-state index is -5.02. The van der Waals surface area contributed by atoms with E-state index in [0.29, 0.717) is 0 Å². The number of azo groups is 1. The number of anilines is 2. The molecule has 0 aromatic heterocycles. The number of hydrazine groups is 2. The third-order valence-corrected chi connectivity index (χ3v) is 8.84. The van der Waals surface area contributed by atoms with Crippen LogP contribution < -0.4 is 74.8 Å². The molecule has 0 bridgehead atoms. The van der Waals surface area contributed by atoms with E-state index in [1.165, 1.54) is 54.6 Å². The molecular weight excluding hydrogens is 716 g/mol. The van der Waals surface area contributed by atoms with Gasteiger partial charge in [-0.05, 0) is 66.7 Å². The van der Waals surface area contributed by atoms with Crippen LogP contribution in [-0.2, 0) is 30.4 Å². The second-order valence-corrected chi connectivity index (χ2v) is 13.4. The molecule has 0 aliphatic carbocycles. The Kier molecular flexibility index (Phi) is 12.3. The summed E-state index contributed by atoms with van der Waals surface area (Å²) in [6.07, 6.45) is 0. The number of hydrazone groups is 1. The van der Waals surface area contributed by atoms with Gasteiger partial charge in [0.1, 0.15) is 15.5 Å². The molecule has 23 heteroatoms. The molecule has 0 saturated heterocycles. The zero-order valence-electron chi connectivity index (χ0n) is 26.7. The number of non-ortho nitro benzene ring substituents is 1. The Bertz CT molecular complexity index is 2270. The molecule has 4 aromatic carbocycles. The van der Waals surface area contributed by atoms with Gasteiger partial charge in [0.25, 0.3) is 36.0 Å². The zero-order valence-corrected chi connectivity index (χ0v) is 31.1. The molecule has 0 unspecified atom stereocenters. The average Bonchev–Trinajstić information content (AvgIpc) is 3.44. The topological polar surface area (TPSA) is 262 Å². The summed E-state index contributed by atoms with van der Waals surface area (Å²) in [6, 6.07) is 18.1. The predicted molar refractivity (Wildman–Crippen MR) is 163 cm³/mol. The number of nitro benzene ring substituents is 1. The van der Waals surface area contributed by atoms with Crippen LogP contribution in [0.2, 0.25) is 0 Å². The average molecular weight is 738 g/mol. The van der Waals surface area contributed by atoms with Crippen molar-refractivity contribution in [1.82, 2.24) is 5.43 Å². The van der Waals surface area contributed by atoms with Crippen LogP contribution in [0.15, 0.2) is 121 Å². The first-order valence-electron chi connectivity index (χ1n) is 12.4. The maximum Gasteiger partial charge on any atom is 1.00 e. The van der Waals surface area contributed by atoms with Crippen LogP contribution in [0.4, 0.5) is 28.4 Å². The Hall–Kier alpha value is -3.32. The first-order chi connectivity index (χ1) is 21.5. The second kappa shape index (κ2) is 15.1. The normalized spacial score (nSPS) is 13.4. The molecule has 1 heterocycles. The zero-order chi connectivity index (χ0) is 33.4. The van der Waals surface area contributed by atoms with Gasteiger partial charge in [-0.3, -0.25) is 29.2 Å². The number of amidine groups is 1. The third-order valence-electron chi connectivity index (χ3n) is 6.17. The quantitative estimate of drug-likeness (QED) is 0.0481. The van der Waals surface area contributed by atoms with Gasteiger partial charge in [0.15, 0.2) is 5.84 Å². The maximum absolute atomic E-state index is 12.6. The monoisotopic (exact) mass is 737 g/mol. The van der Waals surface area contributed by atoms with Crippen molar-refractivity contribution in [1.29, 1.82) is 0 Å². The molecule has 1 aliphatic rings. The molecule has 0 fully saturated rings. The number of nitrogens with one attached hydrogen (secondary N) is 1. The molecule has 18 nitrogen and oxygen atoms in total. The molecule has 0 radical (unpaired) electrons. The number of benzene rings is 4. The summed E-state index contributed by atoms with van der Waals surface area (Å²) in [5, 5.41) is 25.3. The van der Waals surface area contributed by atoms with Gasteiger partial charge in [-0.1, -0.05) is 12.1 Å². The van der Waals surface area contributed by atoms with Crippen molar-refractivity contribution in [2.75, 3.05) is 10.2 Å². The number of hydrogen-bond donors (Lipinski definition) is 4. The van der Waals surface area contributed by atoms with Crippen molar-refractivity contribution in [2.45, 2.75) is 14.7 Å². The van der Waals surface area contributed by atoms with E-state index >= 15 is 0 Å². The van der Waals surface area contributed by atoms with Gasteiger partial charge in [-0.25, -0.2) is 0 Å². The predicted octanol–water partition coefficient (Wildman–Crippen LogP) is -1.91. The SMILES string of the molecule is O=[N+]([O-])c1ccc(N2N=C(c3ccccc3S(=O)(=O)O)NN2c2ccc(N=Nc3ccc(S(=O)(=O)O)cc3)cc2S(=O)(=O)O)cc1.[H-].[H-].[Na+].[Na+]. The Labute approximate surface area is 320 Å². The van der Waals surface area contributed by atoms with Crippen LogP contribution in [0.5, 0.6) is 0 Å². The number of hydrogen-bond acceptors (Lipinski definition) is 14. The van der Waals surface area contributed by atoms with E-state index in [9.17, 15) is 44.5 Å². The van der Waals surface area contributed by atoms with Gasteiger partial charge in [0.05, 0.1) is 26.9 Å². The van der Waals surface area contributed by atoms with Gasteiger partial charge in [-0.15, -0.1) is 5.10 Å². The smallest absolute Gasteiger partial charge is 1.00 e. The van der Waals surface area contributed by atoms with Crippen LogP contribution >= 0.6 is 0 Å². The summed E-state index contributed by atoms with van der Waals surface area (Å²) in [5.41, 5.74) is 2.22. The summed E-state index contributed by atoms with van der Waals surface area (Å²) in [5.74, 6) is -0.204. The Balaban J connectivity index is 0.00000312. The Morgan fingerprint density at radius 2 is 1.29 bits per heavy atom. The summed E-state index contributed by atoms with van der Waals surface area (Å²) < 4.78 is 101. The third kappa shape index (κ3) is 8.82. The van der Waals surface area contributed by atoms with E-state index in [0.717, 1.165) is 46.6 Å². The van der Waals surface area contributed by atoms with Gasteiger partial charge < -0.3 is 2.85 Å². The molecular formula is C25H21N7Na2O11S3. The summed E-state index contributed by atoms with van der Waals surface area (Å²) in [4.78, 5) is 8.88. The molecule has 0 amide bonds. The van der Waals surface area contributed by atoms with Crippen LogP contribution in [0, 0.1) is 10.1 Å². The summed E-state index contributed by atoms with van der Waals surface area (Å²) in [6.45, 7) is 0. The molecule has 0 spiro atoms. The fourth-order valence-electron chi connectivity index (χ4n) is 4.10. The summed E-state index contributed by atoms with van der Waals surface area (Å²) in [7, 11) is -14.2. The number of nitro groups is 1. The van der Waals surface area contributed by atoms with E-state index in [4.69, 9.17) is 4.55 Å². The molecule has 1 aliphatic heterocycles. The molecule has 4 aromatic rings. The molecule has 0 atom stereocenters. The van der Waals surface area contributed by atoms with Crippen LogP contribution in [0.1, 0.15) is 8.42 Å². The molecule has 5 rings (SSSR count). The van der Waals surface area contributed by atoms with Gasteiger partial charge in [-0.2, -0.15) is 45.7 Å². The van der Waals surface area contributed by atoms with Gasteiger partial charge >= 0.3 is 59.1 Å². The van der Waals surface area contributed by atoms with E-state index in [1.807, 2.05) is 0 Å². The van der Waals surface area contributed by atoms with Crippen molar-refractivity contribution in [3.63, 3.8) is 0 Å². The van der Waals surface area contributed by atoms with E-state index in [-0.39, 0.29) is 107 Å². The van der Waals surface area contributed by atoms with Crippen molar-refractivity contribution < 1.29 is 106 Å². The number of rotatable bonds is 9. The fourth-order valence-corrected chi connectivity index (χ4v) is 5.96. The van der Waals surface area contributed by atoms with Crippen molar-refractivity contribution in [2.24, 2.45) is 15.3 Å². The molecule has 48 heavy (non-hydrogen) atoms. The first kappa shape index (κ1) is 39.1. The molecule has 0 saturated carbocycles. The fraction of sp³-hybridized carbons (Fsp3) is 0. The molecule has 4 N–H and O–H groups in total. The molecule has 242 valence electrons. The van der Waals surface area contributed by atoms with Crippen molar-refractivity contribution in [3.05, 3.63) is 107 Å². The van der Waals surface area contributed by atoms with E-state index < -0.39 is 45.1 Å². The van der Waals surface area contributed by atoms with Crippen molar-refractivity contribution in [3.8, 4) is 0 Å². The standard InChI is InChI=1S/C25H19N7O11S3.2Na.2H/c33-32(34)19-10-8-18(9-11-19)30-28-25(21-3-1-2-4-23(21)45(38,39)40)29-31(30)22-14-7-17(15-24(22)46(41,42)43)27-26-16-5-12-20(13-6-16)44(35,36)37;;;;/h1-15H,(H,28,29)(H,35,36,37)(H,38,39,40)(H,41,42,43);;;;/q;2*+1;2*-1. The van der Waals surface area contributed by atoms with E-state index in [1.54, 1.807) is 0 Å². The second-order valence-electron chi connectivity index (χ2n) is 9.20. The number of nitrogens with zero attached hydrogens (tertiary/aromatic N) is 6. The van der Waals surface area contributed by atoms with Gasteiger partial charge in [0.2, 0.25) is 0 Å². The largest absolute Gasteiger partial charge is 1.00 e.